The zero-order valence-electron chi connectivity index (χ0n) is 13.6. The average molecular weight is 334 g/mol. The van der Waals surface area contributed by atoms with E-state index in [2.05, 4.69) is 21.1 Å². The van der Waals surface area contributed by atoms with Gasteiger partial charge in [-0.2, -0.15) is 0 Å². The van der Waals surface area contributed by atoms with Crippen LogP contribution in [0.5, 0.6) is 0 Å². The molecule has 3 N–H and O–H groups in total. The molecular weight excluding hydrogens is 311 g/mol. The van der Waals surface area contributed by atoms with Crippen molar-refractivity contribution in [2.75, 3.05) is 19.6 Å². The minimum Gasteiger partial charge on any atom is -0.352 e. The normalized spacial score (nSPS) is 25.1. The fourth-order valence-electron chi connectivity index (χ4n) is 3.40. The first-order valence-electron chi connectivity index (χ1n) is 8.40. The van der Waals surface area contributed by atoms with Crippen LogP contribution >= 0.6 is 0 Å². The number of piperidine rings is 1. The summed E-state index contributed by atoms with van der Waals surface area (Å²) in [5.41, 5.74) is 6.26. The van der Waals surface area contributed by atoms with Crippen LogP contribution in [-0.2, 0) is 16.1 Å². The molecule has 2 fully saturated rings. The molecule has 2 atom stereocenters. The van der Waals surface area contributed by atoms with Crippen LogP contribution in [0.25, 0.3) is 0 Å². The fourth-order valence-corrected chi connectivity index (χ4v) is 3.40. The summed E-state index contributed by atoms with van der Waals surface area (Å²) >= 11 is 0. The van der Waals surface area contributed by atoms with Gasteiger partial charge in [0.25, 0.3) is 0 Å². The lowest BCUT2D eigenvalue weighted by Gasteiger charge is -2.39. The second kappa shape index (κ2) is 7.72. The number of hydrogen-bond donors (Lipinski definition) is 3. The predicted octanol–water partition coefficient (Wildman–Crippen LogP) is 0.547. The van der Waals surface area contributed by atoms with Gasteiger partial charge in [-0.3, -0.25) is 19.9 Å². The predicted molar refractivity (Wildman–Crippen MR) is 87.1 cm³/mol. The zero-order valence-corrected chi connectivity index (χ0v) is 13.6. The van der Waals surface area contributed by atoms with Gasteiger partial charge in [0.05, 0.1) is 5.92 Å². The van der Waals surface area contributed by atoms with Crippen molar-refractivity contribution in [1.29, 1.82) is 0 Å². The highest BCUT2D eigenvalue weighted by Crippen LogP contribution is 2.20. The van der Waals surface area contributed by atoms with Crippen LogP contribution < -0.4 is 16.2 Å². The maximum atomic E-state index is 13.2. The molecule has 6 nitrogen and oxygen atoms in total. The van der Waals surface area contributed by atoms with Crippen LogP contribution in [0.15, 0.2) is 24.3 Å². The lowest BCUT2D eigenvalue weighted by atomic mass is 9.94. The van der Waals surface area contributed by atoms with Crippen molar-refractivity contribution in [3.63, 3.8) is 0 Å². The number of rotatable bonds is 4. The second-order valence-electron chi connectivity index (χ2n) is 6.47. The molecule has 1 aromatic carbocycles. The maximum absolute atomic E-state index is 13.2. The summed E-state index contributed by atoms with van der Waals surface area (Å²) in [6.45, 7) is 2.60. The number of hydrazine groups is 1. The van der Waals surface area contributed by atoms with E-state index in [9.17, 15) is 14.0 Å². The monoisotopic (exact) mass is 334 g/mol. The first-order chi connectivity index (χ1) is 11.6. The van der Waals surface area contributed by atoms with Gasteiger partial charge in [-0.25, -0.2) is 9.82 Å². The molecule has 0 saturated carbocycles. The Morgan fingerprint density at radius 2 is 2.29 bits per heavy atom. The van der Waals surface area contributed by atoms with Crippen molar-refractivity contribution in [2.24, 2.45) is 5.92 Å². The molecule has 24 heavy (non-hydrogen) atoms. The highest BCUT2D eigenvalue weighted by molar-refractivity contribution is 5.79. The molecule has 0 aliphatic carbocycles. The van der Waals surface area contributed by atoms with Crippen molar-refractivity contribution < 1.29 is 14.0 Å². The number of halogens is 1. The molecule has 0 spiro atoms. The molecule has 2 amide bonds. The van der Waals surface area contributed by atoms with Crippen molar-refractivity contribution in [2.45, 2.75) is 31.8 Å². The topological polar surface area (TPSA) is 73.5 Å². The van der Waals surface area contributed by atoms with Crippen LogP contribution in [0.2, 0.25) is 0 Å². The van der Waals surface area contributed by atoms with Crippen LogP contribution in [0.3, 0.4) is 0 Å². The number of nitrogens with zero attached hydrogens (tertiary/aromatic N) is 1. The first-order valence-corrected chi connectivity index (χ1v) is 8.40. The summed E-state index contributed by atoms with van der Waals surface area (Å²) in [5.74, 6) is -0.396. The van der Waals surface area contributed by atoms with E-state index < -0.39 is 0 Å². The standard InChI is InChI=1S/C17H23FN4O2/c18-14-5-1-3-12(7-14)9-19-17(24)13-4-2-6-22(11-13)15-8-16(23)21-20-10-15/h1,3,5,7,13,15,20H,2,4,6,8-11H2,(H,19,24)(H,21,23). The second-order valence-corrected chi connectivity index (χ2v) is 6.47. The van der Waals surface area contributed by atoms with Gasteiger partial charge in [0.2, 0.25) is 11.8 Å². The molecule has 2 aliphatic heterocycles. The minimum absolute atomic E-state index is 0.00261. The summed E-state index contributed by atoms with van der Waals surface area (Å²) < 4.78 is 13.2. The Kier molecular flexibility index (Phi) is 5.42. The Morgan fingerprint density at radius 3 is 3.08 bits per heavy atom. The fraction of sp³-hybridized carbons (Fsp3) is 0.529. The quantitative estimate of drug-likeness (QED) is 0.752. The van der Waals surface area contributed by atoms with E-state index in [0.29, 0.717) is 26.1 Å². The van der Waals surface area contributed by atoms with Crippen LogP contribution in [-0.4, -0.2) is 42.4 Å². The Balaban J connectivity index is 1.52. The van der Waals surface area contributed by atoms with Gasteiger partial charge in [0.15, 0.2) is 0 Å². The van der Waals surface area contributed by atoms with Gasteiger partial charge in [-0.05, 0) is 37.1 Å². The number of likely N-dealkylation sites (tertiary alicyclic amines) is 1. The molecule has 1 aromatic rings. The Bertz CT molecular complexity index is 610. The number of carbonyl (C=O) groups excluding carboxylic acids is 2. The SMILES string of the molecule is O=C1CC(N2CCCC(C(=O)NCc3cccc(F)c3)C2)CNN1. The van der Waals surface area contributed by atoms with Crippen molar-refractivity contribution in [3.8, 4) is 0 Å². The Hall–Kier alpha value is -1.99. The lowest BCUT2D eigenvalue weighted by Crippen LogP contribution is -2.57. The van der Waals surface area contributed by atoms with E-state index in [-0.39, 0.29) is 29.6 Å². The molecule has 0 aromatic heterocycles. The number of benzene rings is 1. The van der Waals surface area contributed by atoms with Crippen LogP contribution in [0, 0.1) is 11.7 Å². The summed E-state index contributed by atoms with van der Waals surface area (Å²) in [7, 11) is 0. The average Bonchev–Trinajstić information content (AvgIpc) is 2.60. The third-order valence-corrected chi connectivity index (χ3v) is 4.68. The van der Waals surface area contributed by atoms with Crippen molar-refractivity contribution in [3.05, 3.63) is 35.6 Å². The van der Waals surface area contributed by atoms with Gasteiger partial charge >= 0.3 is 0 Å². The van der Waals surface area contributed by atoms with E-state index in [4.69, 9.17) is 0 Å². The van der Waals surface area contributed by atoms with Gasteiger partial charge in [0, 0.05) is 32.1 Å². The number of hydrogen-bond acceptors (Lipinski definition) is 4. The summed E-state index contributed by atoms with van der Waals surface area (Å²) in [6.07, 6.45) is 2.25. The summed E-state index contributed by atoms with van der Waals surface area (Å²) in [4.78, 5) is 26.2. The van der Waals surface area contributed by atoms with E-state index in [1.165, 1.54) is 12.1 Å². The molecule has 2 unspecified atom stereocenters. The van der Waals surface area contributed by atoms with Crippen LogP contribution in [0.1, 0.15) is 24.8 Å². The molecule has 2 aliphatic rings. The van der Waals surface area contributed by atoms with Gasteiger partial charge in [-0.15, -0.1) is 0 Å². The molecule has 2 heterocycles. The third-order valence-electron chi connectivity index (χ3n) is 4.68. The van der Waals surface area contributed by atoms with Gasteiger partial charge in [-0.1, -0.05) is 12.1 Å². The Morgan fingerprint density at radius 1 is 1.42 bits per heavy atom. The molecule has 0 radical (unpaired) electrons. The smallest absolute Gasteiger partial charge is 0.235 e. The molecule has 3 rings (SSSR count). The highest BCUT2D eigenvalue weighted by Gasteiger charge is 2.32. The van der Waals surface area contributed by atoms with E-state index >= 15 is 0 Å². The van der Waals surface area contributed by atoms with E-state index in [1.54, 1.807) is 12.1 Å². The summed E-state index contributed by atoms with van der Waals surface area (Å²) in [6, 6.07) is 6.39. The van der Waals surface area contributed by atoms with Gasteiger partial charge in [0.1, 0.15) is 5.82 Å². The number of nitrogens with one attached hydrogen (secondary N) is 3. The van der Waals surface area contributed by atoms with Crippen molar-refractivity contribution in [1.82, 2.24) is 21.1 Å². The first kappa shape index (κ1) is 16.9. The number of carbonyl (C=O) groups is 2. The number of amides is 2. The summed E-state index contributed by atoms with van der Waals surface area (Å²) in [5, 5.41) is 2.90. The molecule has 2 saturated heterocycles. The minimum atomic E-state index is -0.298. The molecule has 0 bridgehead atoms. The highest BCUT2D eigenvalue weighted by atomic mass is 19.1. The van der Waals surface area contributed by atoms with E-state index in [0.717, 1.165) is 24.9 Å². The van der Waals surface area contributed by atoms with Crippen LogP contribution in [0.4, 0.5) is 4.39 Å². The third kappa shape index (κ3) is 4.30. The zero-order chi connectivity index (χ0) is 16.9. The largest absolute Gasteiger partial charge is 0.352 e. The van der Waals surface area contributed by atoms with E-state index in [1.807, 2.05) is 0 Å². The lowest BCUT2D eigenvalue weighted by molar-refractivity contribution is -0.128. The van der Waals surface area contributed by atoms with Crippen molar-refractivity contribution >= 4 is 11.8 Å². The molecular formula is C17H23FN4O2. The molecule has 130 valence electrons. The maximum Gasteiger partial charge on any atom is 0.235 e. The molecule has 7 heteroatoms. The van der Waals surface area contributed by atoms with Gasteiger partial charge < -0.3 is 5.32 Å². The Labute approximate surface area is 140 Å².